The Hall–Kier alpha value is -3.26. The monoisotopic (exact) mass is 452 g/mol. The number of anilines is 2. The average Bonchev–Trinajstić information content (AvgIpc) is 3.51. The minimum absolute atomic E-state index is 0.224. The van der Waals surface area contributed by atoms with Crippen LogP contribution in [0.25, 0.3) is 10.2 Å². The number of nitrogens with one attached hydrogen (secondary N) is 1. The Kier molecular flexibility index (Phi) is 5.38. The number of carbonyl (C=O) groups is 1. The van der Waals surface area contributed by atoms with Crippen LogP contribution >= 0.6 is 11.3 Å². The number of rotatable bonds is 5. The lowest BCUT2D eigenvalue weighted by Crippen LogP contribution is -2.21. The van der Waals surface area contributed by atoms with Crippen molar-refractivity contribution in [1.82, 2.24) is 9.78 Å². The first-order chi connectivity index (χ1) is 15.5. The van der Waals surface area contributed by atoms with Crippen LogP contribution in [0, 0.1) is 18.6 Å². The molecule has 0 saturated carbocycles. The minimum atomic E-state index is -0.442. The lowest BCUT2D eigenvalue weighted by Gasteiger charge is -2.21. The van der Waals surface area contributed by atoms with Crippen LogP contribution in [-0.4, -0.2) is 28.8 Å². The van der Waals surface area contributed by atoms with E-state index in [1.165, 1.54) is 29.5 Å². The van der Waals surface area contributed by atoms with Crippen molar-refractivity contribution in [2.75, 3.05) is 23.3 Å². The summed E-state index contributed by atoms with van der Waals surface area (Å²) in [5.74, 6) is -1.07. The van der Waals surface area contributed by atoms with Gasteiger partial charge >= 0.3 is 0 Å². The van der Waals surface area contributed by atoms with E-state index in [1.807, 2.05) is 17.7 Å². The highest BCUT2D eigenvalue weighted by molar-refractivity contribution is 7.20. The predicted molar refractivity (Wildman–Crippen MR) is 124 cm³/mol. The summed E-state index contributed by atoms with van der Waals surface area (Å²) in [6.45, 7) is 4.07. The van der Waals surface area contributed by atoms with E-state index in [9.17, 15) is 13.6 Å². The van der Waals surface area contributed by atoms with E-state index < -0.39 is 5.82 Å². The molecule has 1 saturated heterocycles. The van der Waals surface area contributed by atoms with Crippen molar-refractivity contribution in [3.63, 3.8) is 0 Å². The third kappa shape index (κ3) is 3.86. The average molecular weight is 453 g/mol. The molecule has 1 N–H and O–H groups in total. The molecule has 0 aliphatic carbocycles. The molecule has 5 rings (SSSR count). The van der Waals surface area contributed by atoms with Gasteiger partial charge in [-0.15, -0.1) is 11.3 Å². The molecular formula is C24H22F2N4OS. The number of aryl methyl sites for hydroxylation is 1. The molecule has 0 spiro atoms. The molecule has 0 atom stereocenters. The third-order valence-corrected chi connectivity index (χ3v) is 6.90. The lowest BCUT2D eigenvalue weighted by atomic mass is 10.2. The molecule has 1 fully saturated rings. The van der Waals surface area contributed by atoms with E-state index in [4.69, 9.17) is 0 Å². The number of para-hydroxylation sites is 1. The fourth-order valence-electron chi connectivity index (χ4n) is 4.13. The molecule has 4 aromatic rings. The molecular weight excluding hydrogens is 430 g/mol. The summed E-state index contributed by atoms with van der Waals surface area (Å²) in [5, 5.41) is 8.25. The number of carbonyl (C=O) groups excluding carboxylic acids is 1. The zero-order chi connectivity index (χ0) is 22.2. The van der Waals surface area contributed by atoms with Crippen molar-refractivity contribution in [2.45, 2.75) is 26.3 Å². The summed E-state index contributed by atoms with van der Waals surface area (Å²) in [7, 11) is 0. The third-order valence-electron chi connectivity index (χ3n) is 5.75. The smallest absolute Gasteiger partial charge is 0.265 e. The summed E-state index contributed by atoms with van der Waals surface area (Å²) >= 11 is 1.32. The number of aromatic nitrogens is 2. The van der Waals surface area contributed by atoms with Crippen LogP contribution < -0.4 is 10.2 Å². The standard InChI is InChI=1S/C24H22F2N4OS/c1-15-18-13-21(32-24(18)30(28-15)14-16-7-9-17(25)10-8-16)23(31)27-22-19(26)5-4-6-20(22)29-11-2-3-12-29/h4-10,13H,2-3,11-12,14H2,1H3,(H,27,31). The number of halogens is 2. The molecule has 164 valence electrons. The molecule has 1 aliphatic rings. The van der Waals surface area contributed by atoms with Gasteiger partial charge < -0.3 is 10.2 Å². The lowest BCUT2D eigenvalue weighted by molar-refractivity contribution is 0.103. The van der Waals surface area contributed by atoms with Crippen molar-refractivity contribution >= 4 is 38.8 Å². The maximum absolute atomic E-state index is 14.6. The van der Waals surface area contributed by atoms with Crippen molar-refractivity contribution in [2.24, 2.45) is 0 Å². The summed E-state index contributed by atoms with van der Waals surface area (Å²) in [6.07, 6.45) is 2.12. The molecule has 0 bridgehead atoms. The molecule has 8 heteroatoms. The Morgan fingerprint density at radius 2 is 1.88 bits per heavy atom. The molecule has 2 aromatic heterocycles. The summed E-state index contributed by atoms with van der Waals surface area (Å²) < 4.78 is 29.7. The van der Waals surface area contributed by atoms with Crippen molar-refractivity contribution in [3.8, 4) is 0 Å². The number of amides is 1. The number of nitrogens with zero attached hydrogens (tertiary/aromatic N) is 3. The Bertz CT molecular complexity index is 1290. The van der Waals surface area contributed by atoms with Crippen LogP contribution in [0.2, 0.25) is 0 Å². The second-order valence-corrected chi connectivity index (χ2v) is 9.01. The van der Waals surface area contributed by atoms with Gasteiger partial charge in [0.2, 0.25) is 0 Å². The van der Waals surface area contributed by atoms with Gasteiger partial charge in [-0.1, -0.05) is 18.2 Å². The first kappa shape index (κ1) is 20.6. The minimum Gasteiger partial charge on any atom is -0.370 e. The molecule has 1 amide bonds. The highest BCUT2D eigenvalue weighted by Crippen LogP contribution is 2.33. The molecule has 5 nitrogen and oxygen atoms in total. The van der Waals surface area contributed by atoms with Gasteiger partial charge in [0.1, 0.15) is 22.2 Å². The van der Waals surface area contributed by atoms with Crippen molar-refractivity contribution in [3.05, 3.63) is 76.3 Å². The van der Waals surface area contributed by atoms with Gasteiger partial charge in [-0.2, -0.15) is 5.10 Å². The molecule has 32 heavy (non-hydrogen) atoms. The first-order valence-electron chi connectivity index (χ1n) is 10.6. The zero-order valence-corrected chi connectivity index (χ0v) is 18.4. The van der Waals surface area contributed by atoms with Gasteiger partial charge in [0.15, 0.2) is 0 Å². The Morgan fingerprint density at radius 1 is 1.12 bits per heavy atom. The maximum Gasteiger partial charge on any atom is 0.265 e. The highest BCUT2D eigenvalue weighted by Gasteiger charge is 2.22. The van der Waals surface area contributed by atoms with E-state index >= 15 is 0 Å². The second kappa shape index (κ2) is 8.35. The van der Waals surface area contributed by atoms with Crippen LogP contribution in [0.15, 0.2) is 48.5 Å². The topological polar surface area (TPSA) is 50.2 Å². The van der Waals surface area contributed by atoms with Gasteiger partial charge in [-0.05, 0) is 55.7 Å². The Morgan fingerprint density at radius 3 is 2.62 bits per heavy atom. The van der Waals surface area contributed by atoms with Crippen molar-refractivity contribution in [1.29, 1.82) is 0 Å². The van der Waals surface area contributed by atoms with Gasteiger partial charge in [-0.25, -0.2) is 8.78 Å². The molecule has 2 aromatic carbocycles. The van der Waals surface area contributed by atoms with E-state index in [0.717, 1.165) is 53.1 Å². The normalized spacial score (nSPS) is 13.8. The first-order valence-corrected chi connectivity index (χ1v) is 11.4. The van der Waals surface area contributed by atoms with E-state index in [0.29, 0.717) is 11.4 Å². The molecule has 0 radical (unpaired) electrons. The number of fused-ring (bicyclic) bond motifs is 1. The van der Waals surface area contributed by atoms with Crippen LogP contribution in [0.3, 0.4) is 0 Å². The largest absolute Gasteiger partial charge is 0.370 e. The number of hydrogen-bond donors (Lipinski definition) is 1. The fraction of sp³-hybridized carbons (Fsp3) is 0.250. The van der Waals surface area contributed by atoms with Gasteiger partial charge in [0, 0.05) is 18.5 Å². The number of benzene rings is 2. The summed E-state index contributed by atoms with van der Waals surface area (Å²) in [6, 6.07) is 13.0. The van der Waals surface area contributed by atoms with Gasteiger partial charge in [0.05, 0.1) is 22.8 Å². The zero-order valence-electron chi connectivity index (χ0n) is 17.6. The van der Waals surface area contributed by atoms with Crippen LogP contribution in [0.4, 0.5) is 20.2 Å². The fourth-order valence-corrected chi connectivity index (χ4v) is 5.18. The van der Waals surface area contributed by atoms with E-state index in [-0.39, 0.29) is 17.4 Å². The number of thiophene rings is 1. The summed E-state index contributed by atoms with van der Waals surface area (Å²) in [4.78, 5) is 16.5. The van der Waals surface area contributed by atoms with E-state index in [2.05, 4.69) is 15.3 Å². The van der Waals surface area contributed by atoms with Gasteiger partial charge in [0.25, 0.3) is 5.91 Å². The molecule has 3 heterocycles. The van der Waals surface area contributed by atoms with Crippen molar-refractivity contribution < 1.29 is 13.6 Å². The molecule has 1 aliphatic heterocycles. The van der Waals surface area contributed by atoms with E-state index in [1.54, 1.807) is 24.3 Å². The van der Waals surface area contributed by atoms with Crippen LogP contribution in [0.5, 0.6) is 0 Å². The second-order valence-electron chi connectivity index (χ2n) is 7.98. The SMILES string of the molecule is Cc1nn(Cc2ccc(F)cc2)c2sc(C(=O)Nc3c(F)cccc3N3CCCC3)cc12. The number of hydrogen-bond acceptors (Lipinski definition) is 4. The quantitative estimate of drug-likeness (QED) is 0.430. The van der Waals surface area contributed by atoms with Crippen LogP contribution in [0.1, 0.15) is 33.8 Å². The summed E-state index contributed by atoms with van der Waals surface area (Å²) in [5.41, 5.74) is 2.66. The maximum atomic E-state index is 14.6. The van der Waals surface area contributed by atoms with Gasteiger partial charge in [-0.3, -0.25) is 9.48 Å². The Labute approximate surface area is 188 Å². The molecule has 0 unspecified atom stereocenters. The van der Waals surface area contributed by atoms with Crippen LogP contribution in [-0.2, 0) is 6.54 Å². The predicted octanol–water partition coefficient (Wildman–Crippen LogP) is 5.59. The highest BCUT2D eigenvalue weighted by atomic mass is 32.1. The Balaban J connectivity index is 1.43.